The molecular formula is C14H21F2NS. The van der Waals surface area contributed by atoms with Gasteiger partial charge in [0.25, 0.3) is 0 Å². The van der Waals surface area contributed by atoms with E-state index < -0.39 is 0 Å². The molecule has 1 N–H and O–H groups in total. The monoisotopic (exact) mass is 273 g/mol. The molecule has 18 heavy (non-hydrogen) atoms. The predicted octanol–water partition coefficient (Wildman–Crippen LogP) is 4.07. The Hall–Kier alpha value is -0.610. The van der Waals surface area contributed by atoms with E-state index in [0.717, 1.165) is 11.5 Å². The van der Waals surface area contributed by atoms with Gasteiger partial charge in [-0.2, -0.15) is 11.8 Å². The summed E-state index contributed by atoms with van der Waals surface area (Å²) in [5, 5.41) is 3.29. The lowest BCUT2D eigenvalue weighted by Gasteiger charge is -2.21. The Morgan fingerprint density at radius 3 is 2.50 bits per heavy atom. The van der Waals surface area contributed by atoms with Crippen molar-refractivity contribution in [2.45, 2.75) is 39.8 Å². The van der Waals surface area contributed by atoms with Gasteiger partial charge in [0, 0.05) is 23.4 Å². The van der Waals surface area contributed by atoms with Crippen LogP contribution in [-0.4, -0.2) is 17.5 Å². The molecule has 0 amide bonds. The highest BCUT2D eigenvalue weighted by atomic mass is 32.2. The molecule has 1 rings (SSSR count). The van der Waals surface area contributed by atoms with Crippen LogP contribution in [0.2, 0.25) is 0 Å². The maximum absolute atomic E-state index is 13.8. The zero-order valence-electron chi connectivity index (χ0n) is 11.4. The van der Waals surface area contributed by atoms with E-state index in [1.54, 1.807) is 6.92 Å². The third-order valence-electron chi connectivity index (χ3n) is 2.85. The molecule has 0 radical (unpaired) electrons. The van der Waals surface area contributed by atoms with Crippen LogP contribution < -0.4 is 5.32 Å². The van der Waals surface area contributed by atoms with Gasteiger partial charge < -0.3 is 5.32 Å². The van der Waals surface area contributed by atoms with Gasteiger partial charge in [0.1, 0.15) is 11.6 Å². The van der Waals surface area contributed by atoms with Gasteiger partial charge in [-0.1, -0.05) is 6.92 Å². The molecule has 0 fully saturated rings. The second-order valence-corrected chi connectivity index (χ2v) is 5.89. The molecule has 1 aromatic carbocycles. The molecule has 0 aliphatic rings. The number of benzene rings is 1. The number of rotatable bonds is 6. The zero-order valence-corrected chi connectivity index (χ0v) is 12.2. The quantitative estimate of drug-likeness (QED) is 0.838. The third-order valence-corrected chi connectivity index (χ3v) is 3.99. The molecule has 1 nitrogen and oxygen atoms in total. The summed E-state index contributed by atoms with van der Waals surface area (Å²) in [4.78, 5) is 0. The summed E-state index contributed by atoms with van der Waals surface area (Å²) in [6.45, 7) is 7.60. The third kappa shape index (κ3) is 4.25. The number of thioether (sulfide) groups is 1. The highest BCUT2D eigenvalue weighted by Gasteiger charge is 2.15. The van der Waals surface area contributed by atoms with E-state index in [4.69, 9.17) is 0 Å². The summed E-state index contributed by atoms with van der Waals surface area (Å²) in [6, 6.07) is 2.64. The van der Waals surface area contributed by atoms with Crippen molar-refractivity contribution in [3.63, 3.8) is 0 Å². The highest BCUT2D eigenvalue weighted by Crippen LogP contribution is 2.21. The van der Waals surface area contributed by atoms with E-state index in [0.29, 0.717) is 11.1 Å². The Bertz CT molecular complexity index is 396. The Kier molecular flexibility index (Phi) is 6.09. The zero-order chi connectivity index (χ0) is 13.7. The van der Waals surface area contributed by atoms with Crippen LogP contribution in [0.1, 0.15) is 37.9 Å². The van der Waals surface area contributed by atoms with Crippen molar-refractivity contribution in [2.24, 2.45) is 0 Å². The van der Waals surface area contributed by atoms with Gasteiger partial charge in [0.15, 0.2) is 0 Å². The summed E-state index contributed by atoms with van der Waals surface area (Å²) < 4.78 is 27.2. The smallest absolute Gasteiger partial charge is 0.128 e. The molecule has 0 aliphatic carbocycles. The van der Waals surface area contributed by atoms with Crippen molar-refractivity contribution in [1.29, 1.82) is 0 Å². The molecule has 0 heterocycles. The van der Waals surface area contributed by atoms with Crippen LogP contribution >= 0.6 is 11.8 Å². The summed E-state index contributed by atoms with van der Waals surface area (Å²) in [6.07, 6.45) is 0. The van der Waals surface area contributed by atoms with Crippen molar-refractivity contribution < 1.29 is 8.78 Å². The molecule has 0 saturated carbocycles. The van der Waals surface area contributed by atoms with Crippen LogP contribution in [0.5, 0.6) is 0 Å². The number of aryl methyl sites for hydroxylation is 1. The summed E-state index contributed by atoms with van der Waals surface area (Å²) in [7, 11) is 0. The van der Waals surface area contributed by atoms with E-state index in [1.165, 1.54) is 12.1 Å². The van der Waals surface area contributed by atoms with E-state index >= 15 is 0 Å². The Morgan fingerprint density at radius 1 is 1.22 bits per heavy atom. The van der Waals surface area contributed by atoms with Crippen LogP contribution in [0, 0.1) is 18.6 Å². The van der Waals surface area contributed by atoms with Crippen molar-refractivity contribution in [2.75, 3.05) is 11.5 Å². The summed E-state index contributed by atoms with van der Waals surface area (Å²) in [5.74, 6) is 1.34. The van der Waals surface area contributed by atoms with Gasteiger partial charge in [0.05, 0.1) is 0 Å². The van der Waals surface area contributed by atoms with Crippen molar-refractivity contribution >= 4 is 11.8 Å². The molecule has 0 bridgehead atoms. The lowest BCUT2D eigenvalue weighted by atomic mass is 10.0. The number of nitrogens with one attached hydrogen (secondary N) is 1. The first kappa shape index (κ1) is 15.4. The Labute approximate surface area is 112 Å². The molecule has 2 atom stereocenters. The van der Waals surface area contributed by atoms with E-state index in [-0.39, 0.29) is 23.7 Å². The molecular weight excluding hydrogens is 252 g/mol. The molecule has 102 valence electrons. The molecule has 0 spiro atoms. The first-order valence-electron chi connectivity index (χ1n) is 6.25. The standard InChI is InChI=1S/C14H21F2NS/c1-5-18-8-10(3)17-11(4)12-7-13(15)9(2)6-14(12)16/h6-7,10-11,17H,5,8H2,1-4H3. The lowest BCUT2D eigenvalue weighted by Crippen LogP contribution is -2.31. The molecule has 0 aromatic heterocycles. The van der Waals surface area contributed by atoms with E-state index in [2.05, 4.69) is 19.2 Å². The minimum atomic E-state index is -0.351. The fourth-order valence-electron chi connectivity index (χ4n) is 1.85. The average molecular weight is 273 g/mol. The SMILES string of the molecule is CCSCC(C)NC(C)c1cc(F)c(C)cc1F. The maximum atomic E-state index is 13.8. The molecule has 1 aromatic rings. The van der Waals surface area contributed by atoms with Gasteiger partial charge in [-0.05, 0) is 44.2 Å². The van der Waals surface area contributed by atoms with E-state index in [9.17, 15) is 8.78 Å². The summed E-state index contributed by atoms with van der Waals surface area (Å²) >= 11 is 1.83. The van der Waals surface area contributed by atoms with Crippen LogP contribution in [0.15, 0.2) is 12.1 Å². The van der Waals surface area contributed by atoms with Crippen molar-refractivity contribution in [3.8, 4) is 0 Å². The number of halogens is 2. The van der Waals surface area contributed by atoms with Crippen molar-refractivity contribution in [3.05, 3.63) is 34.9 Å². The fourth-order valence-corrected chi connectivity index (χ4v) is 2.54. The first-order chi connectivity index (χ1) is 8.45. The van der Waals surface area contributed by atoms with Gasteiger partial charge >= 0.3 is 0 Å². The topological polar surface area (TPSA) is 12.0 Å². The van der Waals surface area contributed by atoms with Gasteiger partial charge in [-0.15, -0.1) is 0 Å². The fraction of sp³-hybridized carbons (Fsp3) is 0.571. The number of hydrogen-bond acceptors (Lipinski definition) is 2. The number of hydrogen-bond donors (Lipinski definition) is 1. The molecule has 0 saturated heterocycles. The second-order valence-electron chi connectivity index (χ2n) is 4.57. The largest absolute Gasteiger partial charge is 0.307 e. The predicted molar refractivity (Wildman–Crippen MR) is 75.1 cm³/mol. The van der Waals surface area contributed by atoms with Gasteiger partial charge in [0.2, 0.25) is 0 Å². The maximum Gasteiger partial charge on any atom is 0.128 e. The Balaban J connectivity index is 2.72. The first-order valence-corrected chi connectivity index (χ1v) is 7.40. The Morgan fingerprint density at radius 2 is 1.89 bits per heavy atom. The average Bonchev–Trinajstić information content (AvgIpc) is 2.31. The van der Waals surface area contributed by atoms with Crippen molar-refractivity contribution in [1.82, 2.24) is 5.32 Å². The summed E-state index contributed by atoms with van der Waals surface area (Å²) in [5.41, 5.74) is 0.740. The lowest BCUT2D eigenvalue weighted by molar-refractivity contribution is 0.481. The van der Waals surface area contributed by atoms with E-state index in [1.807, 2.05) is 18.7 Å². The molecule has 4 heteroatoms. The normalized spacial score (nSPS) is 14.6. The van der Waals surface area contributed by atoms with Crippen LogP contribution in [0.25, 0.3) is 0 Å². The minimum Gasteiger partial charge on any atom is -0.307 e. The van der Waals surface area contributed by atoms with Gasteiger partial charge in [-0.25, -0.2) is 8.78 Å². The highest BCUT2D eigenvalue weighted by molar-refractivity contribution is 7.99. The second kappa shape index (κ2) is 7.10. The molecule has 2 unspecified atom stereocenters. The van der Waals surface area contributed by atoms with Gasteiger partial charge in [-0.3, -0.25) is 0 Å². The minimum absolute atomic E-state index is 0.187. The van der Waals surface area contributed by atoms with Crippen LogP contribution in [0.4, 0.5) is 8.78 Å². The molecule has 0 aliphatic heterocycles. The van der Waals surface area contributed by atoms with Crippen LogP contribution in [-0.2, 0) is 0 Å². The van der Waals surface area contributed by atoms with Crippen LogP contribution in [0.3, 0.4) is 0 Å².